The zero-order valence-corrected chi connectivity index (χ0v) is 51.7. The van der Waals surface area contributed by atoms with Crippen LogP contribution in [0.1, 0.15) is 112 Å². The summed E-state index contributed by atoms with van der Waals surface area (Å²) in [5.74, 6) is -14.5. The summed E-state index contributed by atoms with van der Waals surface area (Å²) in [6, 6.07) is 6.53. The first-order valence-corrected chi connectivity index (χ1v) is 31.0. The highest BCUT2D eigenvalue weighted by atomic mass is 32.2. The maximum atomic E-state index is 15.1. The lowest BCUT2D eigenvalue weighted by molar-refractivity contribution is -0.145. The van der Waals surface area contributed by atoms with Crippen molar-refractivity contribution in [2.75, 3.05) is 37.3 Å². The number of aliphatic hydroxyl groups excluding tert-OH is 3. The second-order valence-corrected chi connectivity index (χ2v) is 26.2. The Morgan fingerprint density at radius 2 is 1.46 bits per heavy atom. The molecule has 1 saturated heterocycles. The number of amides is 8. The normalized spacial score (nSPS) is 25.1. The maximum Gasteiger partial charge on any atom is 0.243 e. The van der Waals surface area contributed by atoms with E-state index in [-0.39, 0.29) is 59.5 Å². The molecule has 1 unspecified atom stereocenters. The minimum atomic E-state index is -2.29. The van der Waals surface area contributed by atoms with Crippen LogP contribution in [0.15, 0.2) is 53.6 Å². The third kappa shape index (κ3) is 18.6. The average Bonchev–Trinajstić information content (AvgIpc) is 3.07. The maximum absolute atomic E-state index is 15.1. The molecule has 2 aromatic carbocycles. The van der Waals surface area contributed by atoms with Gasteiger partial charge in [-0.25, -0.2) is 0 Å². The number of carbonyl (C=O) groups excluding carboxylic acids is 11. The Kier molecular flexibility index (Phi) is 24.2. The van der Waals surface area contributed by atoms with Crippen LogP contribution in [0.3, 0.4) is 0 Å². The van der Waals surface area contributed by atoms with E-state index < -0.39 is 187 Å². The van der Waals surface area contributed by atoms with Gasteiger partial charge in [-0.15, -0.1) is 0 Å². The first kappa shape index (κ1) is 68.8. The summed E-state index contributed by atoms with van der Waals surface area (Å²) in [6.07, 6.45) is -5.55. The highest BCUT2D eigenvalue weighted by Crippen LogP contribution is 2.32. The fourth-order valence-electron chi connectivity index (χ4n) is 11.0. The molecular formula is C61H86N10O15S. The van der Waals surface area contributed by atoms with E-state index in [0.717, 1.165) is 4.90 Å². The van der Waals surface area contributed by atoms with Crippen molar-refractivity contribution in [3.63, 3.8) is 0 Å². The number of ketones is 3. The molecule has 3 aliphatic heterocycles. The molecule has 8 amide bonds. The molecule has 26 heteroatoms. The summed E-state index contributed by atoms with van der Waals surface area (Å²) in [7, 11) is -2.29. The van der Waals surface area contributed by atoms with Crippen molar-refractivity contribution in [1.29, 1.82) is 0 Å². The Balaban J connectivity index is 1.36. The first-order chi connectivity index (χ1) is 41.0. The molecular weight excluding hydrogens is 1140 g/mol. The number of Topliss-reactive ketones (excluding diaryl/α,β-unsaturated/α-hetero) is 3. The van der Waals surface area contributed by atoms with E-state index in [1.54, 1.807) is 69.3 Å². The third-order valence-corrected chi connectivity index (χ3v) is 17.7. The van der Waals surface area contributed by atoms with E-state index in [1.165, 1.54) is 6.92 Å². The summed E-state index contributed by atoms with van der Waals surface area (Å²) in [5, 5.41) is 54.3. The topological polar surface area (TPSA) is 381 Å². The van der Waals surface area contributed by atoms with Gasteiger partial charge in [0, 0.05) is 85.1 Å². The van der Waals surface area contributed by atoms with Crippen molar-refractivity contribution in [3.05, 3.63) is 59.7 Å². The third-order valence-electron chi connectivity index (χ3n) is 16.3. The molecule has 476 valence electrons. The molecule has 4 heterocycles. The van der Waals surface area contributed by atoms with Crippen LogP contribution >= 0.6 is 0 Å². The summed E-state index contributed by atoms with van der Waals surface area (Å²) >= 11 is 0. The number of carbonyl (C=O) groups is 11. The monoisotopic (exact) mass is 1230 g/mol. The number of aliphatic hydroxyl groups is 3. The van der Waals surface area contributed by atoms with E-state index in [9.17, 15) is 58.5 Å². The van der Waals surface area contributed by atoms with E-state index in [0.29, 0.717) is 28.6 Å². The highest BCUT2D eigenvalue weighted by molar-refractivity contribution is 7.85. The van der Waals surface area contributed by atoms with Gasteiger partial charge in [0.25, 0.3) is 0 Å². The molecule has 25 nitrogen and oxygen atoms in total. The number of nitrogens with zero attached hydrogens (tertiary/aromatic N) is 1. The predicted octanol–water partition coefficient (Wildman–Crippen LogP) is 0.333. The number of fused-ring (bicyclic) bond motifs is 5. The van der Waals surface area contributed by atoms with E-state index in [4.69, 9.17) is 0 Å². The second-order valence-electron chi connectivity index (χ2n) is 24.8. The number of para-hydroxylation sites is 1. The second kappa shape index (κ2) is 30.6. The van der Waals surface area contributed by atoms with Gasteiger partial charge in [0.1, 0.15) is 17.1 Å². The van der Waals surface area contributed by atoms with Gasteiger partial charge >= 0.3 is 0 Å². The van der Waals surface area contributed by atoms with Crippen LogP contribution < -0.4 is 42.5 Å². The van der Waals surface area contributed by atoms with Gasteiger partial charge in [-0.2, -0.15) is 0 Å². The standard InChI is InChI=1S/C61H86N10O15S/c1-10-32(4)53-58(84)64-26-50(79)66-43-30-87(86)59-41(40-13-11-12-14-42(40)67-59)20-36(56(82)63-27-51(80)68-53)21-47(76)54(34(6)48(77)29-72)69-57(83)44-24-39(73)28-71(44)60(85)37(22-45(43)74)23-49(78)62-25-35-15-17-38(18-16-35)65-55(81)33(5)19-46(75)52(31(2)3)70-61(7,8)9/h11-18,31-34,36-37,39,43-44,48,52-54,67,70,72-73,77H,10,19-30H2,1-9H3,(H,62,78)(H,63,82)(H,64,84)(H,65,81)(H,66,79)(H,68,80)(H,69,83)/t32-,33+,34-,36+,37-,39+,43-,44-,48-,52-,53-,54-,87?/m0/s1. The summed E-state index contributed by atoms with van der Waals surface area (Å²) in [5.41, 5.74) is 1.30. The number of H-pyrrole nitrogens is 1. The fraction of sp³-hybridized carbons (Fsp3) is 0.590. The van der Waals surface area contributed by atoms with Crippen molar-refractivity contribution in [2.24, 2.45) is 35.5 Å². The van der Waals surface area contributed by atoms with Gasteiger partial charge in [0.15, 0.2) is 17.3 Å². The van der Waals surface area contributed by atoms with Crippen LogP contribution in [-0.2, 0) is 76.5 Å². The van der Waals surface area contributed by atoms with Crippen molar-refractivity contribution < 1.29 is 72.3 Å². The van der Waals surface area contributed by atoms with Crippen LogP contribution in [0, 0.1) is 35.5 Å². The lowest BCUT2D eigenvalue weighted by Crippen LogP contribution is -2.56. The summed E-state index contributed by atoms with van der Waals surface area (Å²) in [6.45, 7) is 13.3. The number of rotatable bonds is 16. The zero-order chi connectivity index (χ0) is 64.2. The Morgan fingerprint density at radius 1 is 0.805 bits per heavy atom. The molecule has 1 fully saturated rings. The SMILES string of the molecule is CC[C@H](C)[C@@H]1NC(=O)CNC(=O)[C@H]2CC(=O)[C@H]([C@@H](C)[C@@H](O)CO)NC(=O)[C@@H]3C[C@@H](O)CN3C(=O)[C@H](CC(=O)NCc3ccc(NC(=O)[C@H](C)CC(=O)[C@@H](NC(C)(C)C)C(C)C)cc3)CC(=O)[C@H](CS(=O)c3[nH]c4ccccc4c3C2)NC(=O)CNC1=O. The molecule has 3 aliphatic rings. The van der Waals surface area contributed by atoms with Gasteiger partial charge in [0.05, 0.1) is 72.5 Å². The van der Waals surface area contributed by atoms with Gasteiger partial charge in [-0.1, -0.05) is 78.3 Å². The summed E-state index contributed by atoms with van der Waals surface area (Å²) < 4.78 is 15.0. The Bertz CT molecular complexity index is 3070. The lowest BCUT2D eigenvalue weighted by Gasteiger charge is -2.32. The number of benzene rings is 2. The van der Waals surface area contributed by atoms with Gasteiger partial charge < -0.3 is 67.7 Å². The van der Waals surface area contributed by atoms with Crippen LogP contribution in [0.2, 0.25) is 0 Å². The van der Waals surface area contributed by atoms with Crippen molar-refractivity contribution in [3.8, 4) is 0 Å². The molecule has 13 atom stereocenters. The number of anilines is 1. The van der Waals surface area contributed by atoms with Crippen molar-refractivity contribution in [1.82, 2.24) is 47.1 Å². The molecule has 6 rings (SSSR count). The quantitative estimate of drug-likeness (QED) is 0.0920. The number of hydrogen-bond donors (Lipinski definition) is 12. The predicted molar refractivity (Wildman–Crippen MR) is 321 cm³/mol. The van der Waals surface area contributed by atoms with Gasteiger partial charge in [-0.3, -0.25) is 56.9 Å². The number of hydrogen-bond acceptors (Lipinski definition) is 16. The van der Waals surface area contributed by atoms with Crippen LogP contribution in [0.5, 0.6) is 0 Å². The first-order valence-electron chi connectivity index (χ1n) is 29.7. The van der Waals surface area contributed by atoms with Crippen LogP contribution in [-0.4, -0.2) is 174 Å². The molecule has 2 bridgehead atoms. The summed E-state index contributed by atoms with van der Waals surface area (Å²) in [4.78, 5) is 160. The Labute approximate surface area is 508 Å². The molecule has 87 heavy (non-hydrogen) atoms. The average molecular weight is 1230 g/mol. The van der Waals surface area contributed by atoms with E-state index in [1.807, 2.05) is 34.6 Å². The Morgan fingerprint density at radius 3 is 2.10 bits per heavy atom. The van der Waals surface area contributed by atoms with Crippen molar-refractivity contribution in [2.45, 2.75) is 167 Å². The van der Waals surface area contributed by atoms with Gasteiger partial charge in [-0.05, 0) is 68.4 Å². The minimum Gasteiger partial charge on any atom is -0.394 e. The molecule has 0 spiro atoms. The fourth-order valence-corrected chi connectivity index (χ4v) is 12.5. The largest absolute Gasteiger partial charge is 0.394 e. The van der Waals surface area contributed by atoms with E-state index in [2.05, 4.69) is 47.5 Å². The molecule has 0 saturated carbocycles. The van der Waals surface area contributed by atoms with Crippen LogP contribution in [0.25, 0.3) is 10.9 Å². The highest BCUT2D eigenvalue weighted by Gasteiger charge is 2.45. The molecule has 0 aliphatic carbocycles. The number of aromatic nitrogens is 1. The zero-order valence-electron chi connectivity index (χ0n) is 50.9. The minimum absolute atomic E-state index is 0.00517. The lowest BCUT2D eigenvalue weighted by atomic mass is 9.85. The van der Waals surface area contributed by atoms with E-state index >= 15 is 13.8 Å². The molecule has 12 N–H and O–H groups in total. The van der Waals surface area contributed by atoms with Crippen molar-refractivity contribution >= 4 is 92.0 Å². The van der Waals surface area contributed by atoms with Gasteiger partial charge in [0.2, 0.25) is 47.3 Å². The smallest absolute Gasteiger partial charge is 0.243 e. The molecule has 0 radical (unpaired) electrons. The number of aromatic amines is 1. The molecule has 3 aromatic rings. The Hall–Kier alpha value is -7.26. The van der Waals surface area contributed by atoms with Crippen LogP contribution in [0.4, 0.5) is 5.69 Å². The molecule has 1 aromatic heterocycles. The number of nitrogens with one attached hydrogen (secondary N) is 9.